The first-order valence-electron chi connectivity index (χ1n) is 18.5. The van der Waals surface area contributed by atoms with Gasteiger partial charge in [-0.25, -0.2) is 15.0 Å². The Kier molecular flexibility index (Phi) is 7.01. The van der Waals surface area contributed by atoms with Gasteiger partial charge in [-0.1, -0.05) is 133 Å². The first-order chi connectivity index (χ1) is 27.3. The van der Waals surface area contributed by atoms with Crippen LogP contribution in [0.15, 0.2) is 188 Å². The molecule has 0 N–H and O–H groups in total. The number of fused-ring (bicyclic) bond motifs is 10. The first-order valence-corrected chi connectivity index (χ1v) is 18.5. The Morgan fingerprint density at radius 1 is 0.327 bits per heavy atom. The van der Waals surface area contributed by atoms with Crippen LogP contribution >= 0.6 is 0 Å². The highest BCUT2D eigenvalue weighted by atomic mass is 15.0. The molecular formula is C50H31N5. The van der Waals surface area contributed by atoms with Crippen molar-refractivity contribution in [2.45, 2.75) is 5.41 Å². The molecule has 0 radical (unpaired) electrons. The molecule has 55 heavy (non-hydrogen) atoms. The van der Waals surface area contributed by atoms with E-state index in [1.807, 2.05) is 48.8 Å². The van der Waals surface area contributed by atoms with Crippen molar-refractivity contribution in [3.63, 3.8) is 0 Å². The number of hydrogen-bond donors (Lipinski definition) is 0. The van der Waals surface area contributed by atoms with Gasteiger partial charge in [0.2, 0.25) is 0 Å². The third-order valence-corrected chi connectivity index (χ3v) is 11.1. The minimum Gasteiger partial charge on any atom is -0.264 e. The zero-order chi connectivity index (χ0) is 36.3. The highest BCUT2D eigenvalue weighted by Crippen LogP contribution is 2.62. The summed E-state index contributed by atoms with van der Waals surface area (Å²) >= 11 is 0. The fourth-order valence-corrected chi connectivity index (χ4v) is 8.72. The van der Waals surface area contributed by atoms with Crippen LogP contribution in [-0.4, -0.2) is 24.9 Å². The Balaban J connectivity index is 1.11. The maximum Gasteiger partial charge on any atom is 0.164 e. The van der Waals surface area contributed by atoms with Crippen LogP contribution in [0.3, 0.4) is 0 Å². The van der Waals surface area contributed by atoms with Crippen molar-refractivity contribution in [3.05, 3.63) is 211 Å². The van der Waals surface area contributed by atoms with E-state index in [1.54, 1.807) is 6.20 Å². The summed E-state index contributed by atoms with van der Waals surface area (Å²) in [6.45, 7) is 0. The molecule has 0 atom stereocenters. The summed E-state index contributed by atoms with van der Waals surface area (Å²) in [5, 5.41) is 0. The van der Waals surface area contributed by atoms with E-state index in [9.17, 15) is 0 Å². The molecule has 2 aliphatic carbocycles. The summed E-state index contributed by atoms with van der Waals surface area (Å²) < 4.78 is 0. The molecule has 0 fully saturated rings. The van der Waals surface area contributed by atoms with Crippen LogP contribution in [0.5, 0.6) is 0 Å². The zero-order valence-corrected chi connectivity index (χ0v) is 29.6. The maximum atomic E-state index is 5.21. The number of pyridine rings is 2. The van der Waals surface area contributed by atoms with Gasteiger partial charge in [0.15, 0.2) is 17.5 Å². The van der Waals surface area contributed by atoms with Gasteiger partial charge < -0.3 is 0 Å². The summed E-state index contributed by atoms with van der Waals surface area (Å²) in [7, 11) is 0. The van der Waals surface area contributed by atoms with Crippen molar-refractivity contribution in [1.29, 1.82) is 0 Å². The van der Waals surface area contributed by atoms with Crippen LogP contribution in [0.2, 0.25) is 0 Å². The Morgan fingerprint density at radius 2 is 0.836 bits per heavy atom. The van der Waals surface area contributed by atoms with E-state index in [4.69, 9.17) is 15.0 Å². The molecule has 3 aromatic heterocycles. The normalized spacial score (nSPS) is 12.9. The van der Waals surface area contributed by atoms with Crippen LogP contribution in [0.1, 0.15) is 22.3 Å². The molecular weight excluding hydrogens is 671 g/mol. The van der Waals surface area contributed by atoms with Crippen molar-refractivity contribution >= 4 is 0 Å². The van der Waals surface area contributed by atoms with Crippen LogP contribution in [-0.2, 0) is 5.41 Å². The molecule has 0 saturated heterocycles. The predicted molar refractivity (Wildman–Crippen MR) is 219 cm³/mol. The fourth-order valence-electron chi connectivity index (χ4n) is 8.72. The minimum atomic E-state index is -0.411. The molecule has 6 aromatic carbocycles. The number of nitrogens with zero attached hydrogens (tertiary/aromatic N) is 5. The van der Waals surface area contributed by atoms with E-state index in [1.165, 1.54) is 44.5 Å². The topological polar surface area (TPSA) is 64.5 Å². The number of aromatic nitrogens is 5. The van der Waals surface area contributed by atoms with E-state index >= 15 is 0 Å². The van der Waals surface area contributed by atoms with Gasteiger partial charge in [-0.15, -0.1) is 0 Å². The van der Waals surface area contributed by atoms with Crippen LogP contribution in [0, 0.1) is 0 Å². The Labute approximate surface area is 318 Å². The van der Waals surface area contributed by atoms with Gasteiger partial charge in [-0.05, 0) is 86.5 Å². The van der Waals surface area contributed by atoms with Gasteiger partial charge in [0.05, 0.1) is 11.1 Å². The summed E-state index contributed by atoms with van der Waals surface area (Å²) in [6.07, 6.45) is 5.48. The standard InChI is InChI=1S/C50H31N5/c1-4-20-42-38(17-1)39-18-2-5-21-43(39)50(42)44-22-6-3-19-40(44)41-30-36(24-25-45(41)50)49-54-47(34-14-9-12-32(28-34)37-16-11-26-51-31-37)53-48(55-49)35-15-10-13-33(29-35)46-23-7-8-27-52-46/h1-31H. The van der Waals surface area contributed by atoms with Crippen LogP contribution < -0.4 is 0 Å². The molecule has 0 bridgehead atoms. The summed E-state index contributed by atoms with van der Waals surface area (Å²) in [5.41, 5.74) is 16.5. The van der Waals surface area contributed by atoms with Crippen molar-refractivity contribution in [1.82, 2.24) is 24.9 Å². The molecule has 9 aromatic rings. The van der Waals surface area contributed by atoms with Crippen molar-refractivity contribution in [3.8, 4) is 78.8 Å². The van der Waals surface area contributed by atoms with E-state index in [0.29, 0.717) is 17.5 Å². The fraction of sp³-hybridized carbons (Fsp3) is 0.0200. The predicted octanol–water partition coefficient (Wildman–Crippen LogP) is 11.3. The minimum absolute atomic E-state index is 0.411. The smallest absolute Gasteiger partial charge is 0.164 e. The van der Waals surface area contributed by atoms with E-state index < -0.39 is 5.41 Å². The van der Waals surface area contributed by atoms with Gasteiger partial charge in [0.25, 0.3) is 0 Å². The van der Waals surface area contributed by atoms with E-state index in [0.717, 1.165) is 39.1 Å². The van der Waals surface area contributed by atoms with Crippen molar-refractivity contribution in [2.24, 2.45) is 0 Å². The van der Waals surface area contributed by atoms with E-state index in [-0.39, 0.29) is 0 Å². The van der Waals surface area contributed by atoms with Crippen molar-refractivity contribution < 1.29 is 0 Å². The lowest BCUT2D eigenvalue weighted by Gasteiger charge is -2.30. The Morgan fingerprint density at radius 3 is 1.44 bits per heavy atom. The second-order valence-corrected chi connectivity index (χ2v) is 14.1. The lowest BCUT2D eigenvalue weighted by molar-refractivity contribution is 0.794. The van der Waals surface area contributed by atoms with Crippen LogP contribution in [0.25, 0.3) is 78.8 Å². The first kappa shape index (κ1) is 31.2. The van der Waals surface area contributed by atoms with Crippen LogP contribution in [0.4, 0.5) is 0 Å². The van der Waals surface area contributed by atoms with Gasteiger partial charge >= 0.3 is 0 Å². The molecule has 0 aliphatic heterocycles. The largest absolute Gasteiger partial charge is 0.264 e. The quantitative estimate of drug-likeness (QED) is 0.179. The molecule has 5 nitrogen and oxygen atoms in total. The lowest BCUT2D eigenvalue weighted by atomic mass is 9.70. The number of benzene rings is 6. The highest BCUT2D eigenvalue weighted by molar-refractivity contribution is 5.96. The Hall–Kier alpha value is -7.37. The summed E-state index contributed by atoms with van der Waals surface area (Å²) in [6, 6.07) is 60.0. The zero-order valence-electron chi connectivity index (χ0n) is 29.6. The van der Waals surface area contributed by atoms with Crippen molar-refractivity contribution in [2.75, 3.05) is 0 Å². The maximum absolute atomic E-state index is 5.21. The van der Waals surface area contributed by atoms with Gasteiger partial charge in [-0.3, -0.25) is 9.97 Å². The third kappa shape index (κ3) is 4.83. The summed E-state index contributed by atoms with van der Waals surface area (Å²) in [4.78, 5) is 24.5. The molecule has 5 heteroatoms. The molecule has 256 valence electrons. The number of rotatable bonds is 5. The monoisotopic (exact) mass is 701 g/mol. The molecule has 3 heterocycles. The molecule has 2 aliphatic rings. The molecule has 0 saturated carbocycles. The molecule has 1 spiro atoms. The SMILES string of the molecule is c1ccc(-c2cccc(-c3nc(-c4cccc(-c5cccnc5)c4)nc(-c4ccc5c(c4)-c4ccccc4C54c5ccccc5-c5ccccc54)n3)c2)nc1. The average molecular weight is 702 g/mol. The van der Waals surface area contributed by atoms with Gasteiger partial charge in [0.1, 0.15) is 0 Å². The van der Waals surface area contributed by atoms with Gasteiger partial charge in [0, 0.05) is 46.4 Å². The molecule has 11 rings (SSSR count). The Bertz CT molecular complexity index is 2790. The number of hydrogen-bond acceptors (Lipinski definition) is 5. The molecule has 0 unspecified atom stereocenters. The lowest BCUT2D eigenvalue weighted by Crippen LogP contribution is -2.25. The second-order valence-electron chi connectivity index (χ2n) is 14.1. The molecule has 0 amide bonds. The third-order valence-electron chi connectivity index (χ3n) is 11.1. The average Bonchev–Trinajstić information content (AvgIpc) is 3.74. The van der Waals surface area contributed by atoms with E-state index in [2.05, 4.69) is 143 Å². The summed E-state index contributed by atoms with van der Waals surface area (Å²) in [5.74, 6) is 1.81. The highest BCUT2D eigenvalue weighted by Gasteiger charge is 2.51. The second kappa shape index (κ2) is 12.4. The van der Waals surface area contributed by atoms with Gasteiger partial charge in [-0.2, -0.15) is 0 Å².